The SMILES string of the molecule is CSC1(CNS(=O)(=O)c2cc(Cl)c(Br)s2)CC1. The van der Waals surface area contributed by atoms with Crippen LogP contribution in [0.4, 0.5) is 0 Å². The molecule has 0 radical (unpaired) electrons. The van der Waals surface area contributed by atoms with E-state index in [4.69, 9.17) is 11.6 Å². The molecule has 0 saturated heterocycles. The fraction of sp³-hybridized carbons (Fsp3) is 0.556. The summed E-state index contributed by atoms with van der Waals surface area (Å²) in [5.41, 5.74) is 0. The number of thiophene rings is 1. The smallest absolute Gasteiger partial charge is 0.209 e. The lowest BCUT2D eigenvalue weighted by Crippen LogP contribution is -2.31. The molecule has 0 unspecified atom stereocenters. The van der Waals surface area contributed by atoms with Crippen LogP contribution in [0.3, 0.4) is 0 Å². The van der Waals surface area contributed by atoms with Crippen LogP contribution in [-0.4, -0.2) is 26.0 Å². The summed E-state index contributed by atoms with van der Waals surface area (Å²) in [4.78, 5) is 0. The molecule has 1 aromatic rings. The van der Waals surface area contributed by atoms with E-state index in [0.717, 1.165) is 24.2 Å². The molecule has 1 fully saturated rings. The molecule has 1 aliphatic carbocycles. The molecule has 2 rings (SSSR count). The number of hydrogen-bond donors (Lipinski definition) is 1. The molecular weight excluding hydrogens is 366 g/mol. The van der Waals surface area contributed by atoms with Crippen molar-refractivity contribution in [2.45, 2.75) is 21.8 Å². The second-order valence-electron chi connectivity index (χ2n) is 3.90. The summed E-state index contributed by atoms with van der Waals surface area (Å²) in [5.74, 6) is 0. The topological polar surface area (TPSA) is 46.2 Å². The number of nitrogens with one attached hydrogen (secondary N) is 1. The average molecular weight is 377 g/mol. The zero-order chi connectivity index (χ0) is 12.7. The first-order valence-electron chi connectivity index (χ1n) is 4.88. The summed E-state index contributed by atoms with van der Waals surface area (Å²) in [6.07, 6.45) is 4.16. The first-order chi connectivity index (χ1) is 7.88. The van der Waals surface area contributed by atoms with Crippen LogP contribution in [0.5, 0.6) is 0 Å². The van der Waals surface area contributed by atoms with E-state index in [1.54, 1.807) is 11.8 Å². The van der Waals surface area contributed by atoms with E-state index in [1.165, 1.54) is 6.07 Å². The Labute approximate surface area is 122 Å². The molecule has 0 amide bonds. The maximum atomic E-state index is 12.0. The second kappa shape index (κ2) is 5.02. The van der Waals surface area contributed by atoms with E-state index in [2.05, 4.69) is 20.7 Å². The van der Waals surface area contributed by atoms with Gasteiger partial charge in [-0.25, -0.2) is 13.1 Å². The number of hydrogen-bond acceptors (Lipinski definition) is 4. The summed E-state index contributed by atoms with van der Waals surface area (Å²) in [6, 6.07) is 1.47. The Bertz CT molecular complexity index is 505. The van der Waals surface area contributed by atoms with Crippen molar-refractivity contribution in [3.8, 4) is 0 Å². The molecule has 8 heteroatoms. The number of halogens is 2. The molecule has 1 N–H and O–H groups in total. The van der Waals surface area contributed by atoms with Crippen LogP contribution < -0.4 is 4.72 Å². The Morgan fingerprint density at radius 1 is 1.65 bits per heavy atom. The minimum Gasteiger partial charge on any atom is -0.209 e. The molecule has 0 aromatic carbocycles. The molecule has 3 nitrogen and oxygen atoms in total. The predicted octanol–water partition coefficient (Wildman–Crippen LogP) is 3.34. The van der Waals surface area contributed by atoms with Crippen molar-refractivity contribution in [2.24, 2.45) is 0 Å². The minimum atomic E-state index is -3.42. The lowest BCUT2D eigenvalue weighted by molar-refractivity contribution is 0.582. The summed E-state index contributed by atoms with van der Waals surface area (Å²) in [7, 11) is -3.42. The first kappa shape index (κ1) is 14.1. The fourth-order valence-corrected chi connectivity index (χ4v) is 5.74. The standard InChI is InChI=1S/C9H11BrClNO2S3/c1-15-9(2-3-9)5-12-17(13,14)7-4-6(11)8(10)16-7/h4,12H,2-3,5H2,1H3. The Kier molecular flexibility index (Phi) is 4.17. The van der Waals surface area contributed by atoms with E-state index >= 15 is 0 Å². The molecular formula is C9H11BrClNO2S3. The molecule has 96 valence electrons. The molecule has 0 aliphatic heterocycles. The van der Waals surface area contributed by atoms with E-state index in [9.17, 15) is 8.42 Å². The maximum absolute atomic E-state index is 12.0. The maximum Gasteiger partial charge on any atom is 0.250 e. The van der Waals surface area contributed by atoms with Crippen LogP contribution in [0.15, 0.2) is 14.1 Å². The highest BCUT2D eigenvalue weighted by Crippen LogP contribution is 2.46. The minimum absolute atomic E-state index is 0.116. The van der Waals surface area contributed by atoms with Gasteiger partial charge in [-0.2, -0.15) is 11.8 Å². The van der Waals surface area contributed by atoms with Gasteiger partial charge in [0.05, 0.1) is 8.81 Å². The quantitative estimate of drug-likeness (QED) is 0.857. The largest absolute Gasteiger partial charge is 0.250 e. The van der Waals surface area contributed by atoms with E-state index < -0.39 is 10.0 Å². The molecule has 17 heavy (non-hydrogen) atoms. The van der Waals surface area contributed by atoms with Gasteiger partial charge >= 0.3 is 0 Å². The van der Waals surface area contributed by atoms with Crippen molar-refractivity contribution in [1.29, 1.82) is 0 Å². The highest BCUT2D eigenvalue weighted by Gasteiger charge is 2.42. The normalized spacial score (nSPS) is 18.3. The lowest BCUT2D eigenvalue weighted by atomic mass is 10.4. The Morgan fingerprint density at radius 3 is 2.71 bits per heavy atom. The van der Waals surface area contributed by atoms with Gasteiger partial charge in [0.25, 0.3) is 0 Å². The molecule has 0 atom stereocenters. The number of rotatable bonds is 5. The predicted molar refractivity (Wildman–Crippen MR) is 77.7 cm³/mol. The zero-order valence-corrected chi connectivity index (χ0v) is 13.8. The van der Waals surface area contributed by atoms with E-state index in [-0.39, 0.29) is 8.96 Å². The van der Waals surface area contributed by atoms with Gasteiger partial charge in [0.15, 0.2) is 0 Å². The average Bonchev–Trinajstić information content (AvgIpc) is 2.99. The summed E-state index contributed by atoms with van der Waals surface area (Å²) in [6.45, 7) is 0.490. The second-order valence-corrected chi connectivity index (χ2v) is 9.94. The molecule has 0 bridgehead atoms. The molecule has 1 heterocycles. The van der Waals surface area contributed by atoms with Gasteiger partial charge in [-0.3, -0.25) is 0 Å². The van der Waals surface area contributed by atoms with Gasteiger partial charge in [0, 0.05) is 11.3 Å². The van der Waals surface area contributed by atoms with Crippen LogP contribution >= 0.6 is 50.6 Å². The highest BCUT2D eigenvalue weighted by atomic mass is 79.9. The van der Waals surface area contributed by atoms with Crippen molar-refractivity contribution in [3.05, 3.63) is 14.9 Å². The van der Waals surface area contributed by atoms with Crippen LogP contribution in [-0.2, 0) is 10.0 Å². The highest BCUT2D eigenvalue weighted by molar-refractivity contribution is 9.11. The van der Waals surface area contributed by atoms with Gasteiger partial charge in [0.2, 0.25) is 10.0 Å². The fourth-order valence-electron chi connectivity index (χ4n) is 1.35. The van der Waals surface area contributed by atoms with E-state index in [0.29, 0.717) is 15.4 Å². The summed E-state index contributed by atoms with van der Waals surface area (Å²) >= 11 is 11.9. The van der Waals surface area contributed by atoms with Crippen molar-refractivity contribution in [2.75, 3.05) is 12.8 Å². The molecule has 1 saturated carbocycles. The Balaban J connectivity index is 2.09. The number of thioether (sulfide) groups is 1. The van der Waals surface area contributed by atoms with Gasteiger partial charge in [-0.05, 0) is 41.1 Å². The summed E-state index contributed by atoms with van der Waals surface area (Å²) < 4.78 is 27.7. The van der Waals surface area contributed by atoms with Crippen molar-refractivity contribution < 1.29 is 8.42 Å². The van der Waals surface area contributed by atoms with Crippen molar-refractivity contribution in [3.63, 3.8) is 0 Å². The van der Waals surface area contributed by atoms with Gasteiger partial charge in [-0.1, -0.05) is 11.6 Å². The van der Waals surface area contributed by atoms with E-state index in [1.807, 2.05) is 6.26 Å². The zero-order valence-electron chi connectivity index (χ0n) is 9.00. The third kappa shape index (κ3) is 3.19. The Hall–Kier alpha value is 0.730. The van der Waals surface area contributed by atoms with Gasteiger partial charge in [0.1, 0.15) is 4.21 Å². The van der Waals surface area contributed by atoms with Crippen LogP contribution in [0, 0.1) is 0 Å². The molecule has 1 aromatic heterocycles. The Morgan fingerprint density at radius 2 is 2.29 bits per heavy atom. The van der Waals surface area contributed by atoms with Crippen LogP contribution in [0.25, 0.3) is 0 Å². The van der Waals surface area contributed by atoms with Crippen LogP contribution in [0.1, 0.15) is 12.8 Å². The summed E-state index contributed by atoms with van der Waals surface area (Å²) in [5, 5.41) is 0.432. The van der Waals surface area contributed by atoms with Crippen molar-refractivity contribution in [1.82, 2.24) is 4.72 Å². The molecule has 1 aliphatic rings. The first-order valence-corrected chi connectivity index (χ1v) is 9.58. The third-order valence-electron chi connectivity index (χ3n) is 2.71. The molecule has 0 spiro atoms. The van der Waals surface area contributed by atoms with Crippen LogP contribution in [0.2, 0.25) is 5.02 Å². The number of sulfonamides is 1. The van der Waals surface area contributed by atoms with Gasteiger partial charge in [-0.15, -0.1) is 11.3 Å². The monoisotopic (exact) mass is 375 g/mol. The van der Waals surface area contributed by atoms with Crippen molar-refractivity contribution >= 4 is 60.7 Å². The van der Waals surface area contributed by atoms with Gasteiger partial charge < -0.3 is 0 Å². The third-order valence-corrected chi connectivity index (χ3v) is 8.48. The lowest BCUT2D eigenvalue weighted by Gasteiger charge is -2.12.